The van der Waals surface area contributed by atoms with Crippen LogP contribution in [0.5, 0.6) is 0 Å². The fraction of sp³-hybridized carbons (Fsp3) is 0.448. The summed E-state index contributed by atoms with van der Waals surface area (Å²) in [7, 11) is -3.37. The molecule has 2 N–H and O–H groups in total. The third-order valence-electron chi connectivity index (χ3n) is 7.19. The molecule has 4 aromatic rings. The van der Waals surface area contributed by atoms with Crippen molar-refractivity contribution >= 4 is 47.0 Å². The highest BCUT2D eigenvalue weighted by Gasteiger charge is 2.34. The number of unbranched alkanes of at least 4 members (excludes halogenated alkanes) is 1. The highest BCUT2D eigenvalue weighted by Crippen LogP contribution is 2.53. The number of hydrogen-bond acceptors (Lipinski definition) is 7. The molecule has 1 atom stereocenters. The number of benzene rings is 2. The Morgan fingerprint density at radius 1 is 1.13 bits per heavy atom. The Bertz CT molecular complexity index is 1480. The van der Waals surface area contributed by atoms with Crippen LogP contribution in [0.1, 0.15) is 62.9 Å². The van der Waals surface area contributed by atoms with Crippen LogP contribution in [0.4, 0.5) is 5.82 Å². The first-order chi connectivity index (χ1) is 18.9. The quantitative estimate of drug-likeness (QED) is 0.186. The second-order valence-corrected chi connectivity index (χ2v) is 12.5. The summed E-state index contributed by atoms with van der Waals surface area (Å²) in [6, 6.07) is 15.6. The standard InChI is InChI=1S/C29H36ClN4O4P/c1-3-5-14-26-33-27-28(24-12-6-7-13-25(24)32-29(27)31)34(26)23(9-4-2)18-36-19-39(35)37-16-21(17-38-39)20-10-8-11-22(30)15-20/h6-8,10-13,15,21,23H,3-5,9,14,16-19H2,1-2H3,(H2,31,32). The zero-order valence-electron chi connectivity index (χ0n) is 22.5. The van der Waals surface area contributed by atoms with Crippen LogP contribution in [0, 0.1) is 0 Å². The number of hydrogen-bond donors (Lipinski definition) is 1. The van der Waals surface area contributed by atoms with Crippen LogP contribution >= 0.6 is 19.2 Å². The van der Waals surface area contributed by atoms with Crippen LogP contribution < -0.4 is 5.73 Å². The molecule has 0 saturated carbocycles. The second-order valence-electron chi connectivity index (χ2n) is 10.1. The van der Waals surface area contributed by atoms with Gasteiger partial charge in [0.15, 0.2) is 5.82 Å². The van der Waals surface area contributed by atoms with Crippen LogP contribution in [0.25, 0.3) is 21.9 Å². The van der Waals surface area contributed by atoms with Crippen LogP contribution in [-0.4, -0.2) is 40.7 Å². The van der Waals surface area contributed by atoms with E-state index in [-0.39, 0.29) is 18.3 Å². The number of halogens is 1. The van der Waals surface area contributed by atoms with Gasteiger partial charge >= 0.3 is 7.60 Å². The van der Waals surface area contributed by atoms with Crippen LogP contribution in [0.2, 0.25) is 5.02 Å². The summed E-state index contributed by atoms with van der Waals surface area (Å²) in [6.07, 6.45) is 4.61. The maximum Gasteiger partial charge on any atom is 0.356 e. The van der Waals surface area contributed by atoms with Gasteiger partial charge in [-0.1, -0.05) is 68.6 Å². The highest BCUT2D eigenvalue weighted by molar-refractivity contribution is 7.53. The Morgan fingerprint density at radius 2 is 1.92 bits per heavy atom. The summed E-state index contributed by atoms with van der Waals surface area (Å²) in [5.41, 5.74) is 9.93. The number of nitrogens with zero attached hydrogens (tertiary/aromatic N) is 3. The van der Waals surface area contributed by atoms with E-state index in [1.165, 1.54) is 0 Å². The van der Waals surface area contributed by atoms with Crippen molar-refractivity contribution in [2.45, 2.75) is 57.9 Å². The average Bonchev–Trinajstić information content (AvgIpc) is 3.32. The number of nitrogen functional groups attached to an aromatic ring is 1. The molecule has 0 radical (unpaired) electrons. The van der Waals surface area contributed by atoms with E-state index in [9.17, 15) is 4.57 Å². The summed E-state index contributed by atoms with van der Waals surface area (Å²) in [5, 5.41) is 1.67. The minimum absolute atomic E-state index is 0.0207. The molecule has 208 valence electrons. The monoisotopic (exact) mass is 570 g/mol. The molecule has 10 heteroatoms. The molecule has 2 aromatic heterocycles. The lowest BCUT2D eigenvalue weighted by atomic mass is 10.0. The van der Waals surface area contributed by atoms with Crippen molar-refractivity contribution in [3.05, 3.63) is 64.9 Å². The molecule has 2 aromatic carbocycles. The number of fused-ring (bicyclic) bond motifs is 3. The number of rotatable bonds is 11. The van der Waals surface area contributed by atoms with Crippen molar-refractivity contribution in [2.75, 3.05) is 31.9 Å². The van der Waals surface area contributed by atoms with E-state index >= 15 is 0 Å². The summed E-state index contributed by atoms with van der Waals surface area (Å²) in [5.74, 6) is 1.38. The third kappa shape index (κ3) is 6.16. The lowest BCUT2D eigenvalue weighted by Gasteiger charge is -2.30. The molecule has 1 unspecified atom stereocenters. The van der Waals surface area contributed by atoms with Crippen molar-refractivity contribution in [1.82, 2.24) is 14.5 Å². The van der Waals surface area contributed by atoms with E-state index in [1.54, 1.807) is 0 Å². The number of aromatic nitrogens is 3. The SMILES string of the molecule is CCCCc1nc2c(N)nc3ccccc3c2n1C(CCC)COCP1(=O)OCC(c2cccc(Cl)c2)CO1. The van der Waals surface area contributed by atoms with Gasteiger partial charge in [0, 0.05) is 22.7 Å². The van der Waals surface area contributed by atoms with Gasteiger partial charge in [0.25, 0.3) is 0 Å². The van der Waals surface area contributed by atoms with Crippen LogP contribution in [0.15, 0.2) is 48.5 Å². The zero-order chi connectivity index (χ0) is 27.4. The molecule has 3 heterocycles. The molecule has 1 saturated heterocycles. The van der Waals surface area contributed by atoms with E-state index in [0.29, 0.717) is 30.7 Å². The zero-order valence-corrected chi connectivity index (χ0v) is 24.2. The number of nitrogens with two attached hydrogens (primary N) is 1. The smallest absolute Gasteiger partial charge is 0.356 e. The summed E-state index contributed by atoms with van der Waals surface area (Å²) in [4.78, 5) is 9.57. The first kappa shape index (κ1) is 28.1. The lowest BCUT2D eigenvalue weighted by Crippen LogP contribution is -2.23. The molecule has 1 aliphatic heterocycles. The molecule has 0 aliphatic carbocycles. The molecular weight excluding hydrogens is 535 g/mol. The summed E-state index contributed by atoms with van der Waals surface area (Å²) >= 11 is 6.13. The molecule has 0 spiro atoms. The number of aryl methyl sites for hydroxylation is 1. The van der Waals surface area contributed by atoms with E-state index in [2.05, 4.69) is 29.5 Å². The van der Waals surface area contributed by atoms with Gasteiger partial charge in [0.05, 0.1) is 36.9 Å². The molecule has 5 rings (SSSR count). The van der Waals surface area contributed by atoms with Gasteiger partial charge in [-0.15, -0.1) is 0 Å². The number of pyridine rings is 1. The Balaban J connectivity index is 1.36. The van der Waals surface area contributed by atoms with Gasteiger partial charge in [0.2, 0.25) is 0 Å². The first-order valence-corrected chi connectivity index (χ1v) is 15.8. The minimum Gasteiger partial charge on any atom is -0.382 e. The molecule has 1 fully saturated rings. The predicted octanol–water partition coefficient (Wildman–Crippen LogP) is 7.50. The molecular formula is C29H36ClN4O4P. The van der Waals surface area contributed by atoms with E-state index in [4.69, 9.17) is 36.1 Å². The van der Waals surface area contributed by atoms with Crippen molar-refractivity contribution in [2.24, 2.45) is 0 Å². The topological polar surface area (TPSA) is 101 Å². The van der Waals surface area contributed by atoms with E-state index < -0.39 is 7.60 Å². The second kappa shape index (κ2) is 12.4. The number of ether oxygens (including phenoxy) is 1. The molecule has 0 bridgehead atoms. The third-order valence-corrected chi connectivity index (χ3v) is 9.01. The van der Waals surface area contributed by atoms with Gasteiger partial charge < -0.3 is 24.1 Å². The van der Waals surface area contributed by atoms with Crippen molar-refractivity contribution in [3.8, 4) is 0 Å². The number of para-hydroxylation sites is 1. The Labute approximate surface area is 234 Å². The number of imidazole rings is 1. The molecule has 1 aliphatic rings. The van der Waals surface area contributed by atoms with Crippen LogP contribution in [-0.2, 0) is 24.8 Å². The number of anilines is 1. The highest BCUT2D eigenvalue weighted by atomic mass is 35.5. The van der Waals surface area contributed by atoms with E-state index in [0.717, 1.165) is 65.4 Å². The Kier molecular flexibility index (Phi) is 8.89. The molecule has 39 heavy (non-hydrogen) atoms. The average molecular weight is 571 g/mol. The fourth-order valence-electron chi connectivity index (χ4n) is 5.21. The van der Waals surface area contributed by atoms with Gasteiger partial charge in [-0.25, -0.2) is 9.97 Å². The van der Waals surface area contributed by atoms with Gasteiger partial charge in [-0.05, 0) is 36.6 Å². The Hall–Kier alpha value is -2.48. The normalized spacial score (nSPS) is 20.5. The summed E-state index contributed by atoms with van der Waals surface area (Å²) in [6.45, 7) is 5.26. The van der Waals surface area contributed by atoms with Crippen molar-refractivity contribution in [3.63, 3.8) is 0 Å². The van der Waals surface area contributed by atoms with Gasteiger partial charge in [-0.2, -0.15) is 0 Å². The first-order valence-electron chi connectivity index (χ1n) is 13.7. The van der Waals surface area contributed by atoms with Crippen LogP contribution in [0.3, 0.4) is 0 Å². The van der Waals surface area contributed by atoms with Crippen molar-refractivity contribution < 1.29 is 18.3 Å². The largest absolute Gasteiger partial charge is 0.382 e. The van der Waals surface area contributed by atoms with Crippen molar-refractivity contribution in [1.29, 1.82) is 0 Å². The maximum atomic E-state index is 13.3. The van der Waals surface area contributed by atoms with Gasteiger partial charge in [-0.3, -0.25) is 4.57 Å². The predicted molar refractivity (Wildman–Crippen MR) is 157 cm³/mol. The summed E-state index contributed by atoms with van der Waals surface area (Å²) < 4.78 is 33.2. The molecule has 0 amide bonds. The van der Waals surface area contributed by atoms with Gasteiger partial charge in [0.1, 0.15) is 17.7 Å². The lowest BCUT2D eigenvalue weighted by molar-refractivity contribution is 0.0769. The minimum atomic E-state index is -3.37. The maximum absolute atomic E-state index is 13.3. The fourth-order valence-corrected chi connectivity index (χ4v) is 6.78. The Morgan fingerprint density at radius 3 is 2.67 bits per heavy atom. The van der Waals surface area contributed by atoms with E-state index in [1.807, 2.05) is 42.5 Å². The molecule has 8 nitrogen and oxygen atoms in total.